The molecule has 0 aromatic heterocycles. The first-order valence-corrected chi connectivity index (χ1v) is 16.4. The van der Waals surface area contributed by atoms with Crippen molar-refractivity contribution in [2.75, 3.05) is 59.4 Å². The third-order valence-electron chi connectivity index (χ3n) is 8.08. The molecule has 0 spiro atoms. The van der Waals surface area contributed by atoms with Gasteiger partial charge in [-0.25, -0.2) is 38.6 Å². The van der Waals surface area contributed by atoms with Crippen LogP contribution in [0.2, 0.25) is 0 Å². The third-order valence-corrected chi connectivity index (χ3v) is 8.08. The van der Waals surface area contributed by atoms with E-state index in [1.54, 1.807) is 6.08 Å². The summed E-state index contributed by atoms with van der Waals surface area (Å²) in [5.41, 5.74) is -3.74. The lowest BCUT2D eigenvalue weighted by Crippen LogP contribution is -2.48. The number of hydrogen-bond donors (Lipinski definition) is 1. The number of amides is 1. The minimum atomic E-state index is -1.58. The smallest absolute Gasteiger partial charge is 0.407 e. The summed E-state index contributed by atoms with van der Waals surface area (Å²) in [6.07, 6.45) is 7.13. The molecule has 0 aliphatic heterocycles. The first-order chi connectivity index (χ1) is 24.9. The summed E-state index contributed by atoms with van der Waals surface area (Å²) in [6.45, 7) is 19.0. The van der Waals surface area contributed by atoms with Gasteiger partial charge in [-0.1, -0.05) is 53.7 Å². The highest BCUT2D eigenvalue weighted by Crippen LogP contribution is 2.46. The molecule has 2 atom stereocenters. The summed E-state index contributed by atoms with van der Waals surface area (Å²) in [5, 5.41) is 2.74. The molecule has 0 aromatic carbocycles. The molecule has 0 heterocycles. The van der Waals surface area contributed by atoms with Gasteiger partial charge in [0.05, 0.1) is 30.1 Å². The summed E-state index contributed by atoms with van der Waals surface area (Å²) in [6, 6.07) is -0.268. The number of alkyl carbamates (subject to hydrolysis) is 1. The molecule has 0 radical (unpaired) electrons. The van der Waals surface area contributed by atoms with E-state index in [-0.39, 0.29) is 18.0 Å². The van der Waals surface area contributed by atoms with Gasteiger partial charge in [0.2, 0.25) is 6.08 Å². The van der Waals surface area contributed by atoms with Gasteiger partial charge in [0.15, 0.2) is 0 Å². The molecule has 1 N–H and O–H groups in total. The topological polar surface area (TPSA) is 208 Å². The van der Waals surface area contributed by atoms with Crippen LogP contribution in [-0.4, -0.2) is 107 Å². The van der Waals surface area contributed by atoms with Crippen LogP contribution in [0.15, 0.2) is 68.3 Å². The van der Waals surface area contributed by atoms with E-state index < -0.39 is 105 Å². The van der Waals surface area contributed by atoms with Gasteiger partial charge in [-0.05, 0) is 30.1 Å². The maximum Gasteiger partial charge on any atom is 0.407 e. The minimum Gasteiger partial charge on any atom is -0.462 e. The monoisotopic (exact) mass is 746 g/mol. The lowest BCUT2D eigenvalue weighted by Gasteiger charge is -2.45. The zero-order valence-electron chi connectivity index (χ0n) is 30.6. The highest BCUT2D eigenvalue weighted by atomic mass is 16.6. The van der Waals surface area contributed by atoms with E-state index in [1.165, 1.54) is 0 Å². The summed E-state index contributed by atoms with van der Waals surface area (Å²) >= 11 is 0. The Hall–Kier alpha value is -5.34. The van der Waals surface area contributed by atoms with E-state index in [9.17, 15) is 33.6 Å². The molecule has 292 valence electrons. The normalized spacial score (nSPS) is 17.6. The van der Waals surface area contributed by atoms with E-state index >= 15 is 0 Å². The van der Waals surface area contributed by atoms with E-state index in [0.29, 0.717) is 19.3 Å². The number of nitrogens with one attached hydrogen (secondary N) is 1. The molecule has 0 bridgehead atoms. The van der Waals surface area contributed by atoms with Gasteiger partial charge >= 0.3 is 35.9 Å². The fraction of sp³-hybridized carbons (Fsp3) is 0.541. The molecular formula is C37H50N2O14. The minimum absolute atomic E-state index is 0.166. The number of hydrogen-bond acceptors (Lipinski definition) is 15. The van der Waals surface area contributed by atoms with Crippen LogP contribution in [0.25, 0.3) is 0 Å². The summed E-state index contributed by atoms with van der Waals surface area (Å²) in [4.78, 5) is 88.4. The number of carbonyl (C=O) groups is 6. The van der Waals surface area contributed by atoms with Gasteiger partial charge in [-0.2, -0.15) is 0 Å². The molecule has 16 nitrogen and oxygen atoms in total. The first kappa shape index (κ1) is 45.7. The zero-order chi connectivity index (χ0) is 40.1. The molecule has 0 saturated heterocycles. The Bertz CT molecular complexity index is 1350. The van der Waals surface area contributed by atoms with Crippen LogP contribution in [0.1, 0.15) is 40.0 Å². The number of carbonyl (C=O) groups excluding carboxylic acids is 7. The molecule has 53 heavy (non-hydrogen) atoms. The molecule has 1 aliphatic rings. The standard InChI is InChI=1S/C37H50N2O14/c1-9-28(41)48-20-36(21-49-29(42)10-2,22-50-30(43)11-3)18-47-19-37(23-51-31(44)12-4,24-52-32(45)13-5)25-53-33(46)38-17-35(8)15-27(39-26-40)14-34(6,7)16-35/h9-13,27H,1-5,14-25H2,6-8H3,(H,38,46). The molecule has 1 rings (SSSR count). The Labute approximate surface area is 309 Å². The van der Waals surface area contributed by atoms with Crippen molar-refractivity contribution in [1.29, 1.82) is 0 Å². The molecule has 2 unspecified atom stereocenters. The number of ether oxygens (including phenoxy) is 7. The van der Waals surface area contributed by atoms with Gasteiger partial charge in [0.1, 0.15) is 39.6 Å². The van der Waals surface area contributed by atoms with E-state index in [1.807, 2.05) is 20.8 Å². The maximum atomic E-state index is 13.1. The second-order valence-corrected chi connectivity index (χ2v) is 13.9. The number of rotatable bonds is 24. The highest BCUT2D eigenvalue weighted by Gasteiger charge is 2.43. The van der Waals surface area contributed by atoms with Gasteiger partial charge < -0.3 is 38.5 Å². The zero-order valence-corrected chi connectivity index (χ0v) is 30.6. The second-order valence-electron chi connectivity index (χ2n) is 13.9. The van der Waals surface area contributed by atoms with Crippen molar-refractivity contribution in [3.63, 3.8) is 0 Å². The Morgan fingerprint density at radius 2 is 1.00 bits per heavy atom. The van der Waals surface area contributed by atoms with Crippen molar-refractivity contribution in [3.8, 4) is 0 Å². The highest BCUT2D eigenvalue weighted by molar-refractivity contribution is 5.83. The average Bonchev–Trinajstić information content (AvgIpc) is 3.13. The lowest BCUT2D eigenvalue weighted by atomic mass is 9.63. The van der Waals surface area contributed by atoms with Gasteiger partial charge in [0.25, 0.3) is 0 Å². The lowest BCUT2D eigenvalue weighted by molar-refractivity contribution is -0.166. The number of isocyanates is 1. The fourth-order valence-electron chi connectivity index (χ4n) is 5.83. The van der Waals surface area contributed by atoms with Crippen LogP contribution in [0.4, 0.5) is 4.79 Å². The Kier molecular flexibility index (Phi) is 18.9. The number of nitrogens with zero attached hydrogens (tertiary/aromatic N) is 1. The van der Waals surface area contributed by atoms with Gasteiger partial charge in [-0.15, -0.1) is 0 Å². The Morgan fingerprint density at radius 3 is 1.34 bits per heavy atom. The molecule has 1 fully saturated rings. The predicted octanol–water partition coefficient (Wildman–Crippen LogP) is 3.27. The summed E-state index contributed by atoms with van der Waals surface area (Å²) in [7, 11) is 0. The largest absolute Gasteiger partial charge is 0.462 e. The quantitative estimate of drug-likeness (QED) is 0.0495. The van der Waals surface area contributed by atoms with E-state index in [0.717, 1.165) is 30.4 Å². The Morgan fingerprint density at radius 1 is 0.642 bits per heavy atom. The van der Waals surface area contributed by atoms with Crippen molar-refractivity contribution in [2.24, 2.45) is 26.7 Å². The summed E-state index contributed by atoms with van der Waals surface area (Å²) in [5.74, 6) is -4.25. The second kappa shape index (κ2) is 21.9. The molecule has 0 aromatic rings. The van der Waals surface area contributed by atoms with Crippen LogP contribution in [0.5, 0.6) is 0 Å². The molecule has 1 aliphatic carbocycles. The first-order valence-electron chi connectivity index (χ1n) is 16.4. The maximum absolute atomic E-state index is 13.1. The number of aliphatic imine (C=N–C) groups is 1. The van der Waals surface area contributed by atoms with Crippen molar-refractivity contribution < 1.29 is 66.7 Å². The van der Waals surface area contributed by atoms with Crippen molar-refractivity contribution in [2.45, 2.75) is 46.1 Å². The molecule has 16 heteroatoms. The van der Waals surface area contributed by atoms with Crippen LogP contribution >= 0.6 is 0 Å². The van der Waals surface area contributed by atoms with Crippen LogP contribution in [0, 0.1) is 21.7 Å². The molecule has 1 saturated carbocycles. The van der Waals surface area contributed by atoms with Crippen LogP contribution in [0.3, 0.4) is 0 Å². The van der Waals surface area contributed by atoms with E-state index in [4.69, 9.17) is 33.2 Å². The van der Waals surface area contributed by atoms with E-state index in [2.05, 4.69) is 43.2 Å². The van der Waals surface area contributed by atoms with Crippen molar-refractivity contribution in [3.05, 3.63) is 63.3 Å². The SMILES string of the molecule is C=CC(=O)OCC(COCC(COC(=O)C=C)(COC(=O)C=C)COC(=O)NCC1(C)CC(N=C=O)CC(C)(C)C1)(COC(=O)C=C)COC(=O)C=C. The summed E-state index contributed by atoms with van der Waals surface area (Å²) < 4.78 is 37.8. The molecule has 1 amide bonds. The van der Waals surface area contributed by atoms with Crippen molar-refractivity contribution >= 4 is 42.0 Å². The Balaban J connectivity index is 3.39. The van der Waals surface area contributed by atoms with Crippen LogP contribution in [-0.2, 0) is 61.9 Å². The fourth-order valence-corrected chi connectivity index (χ4v) is 5.83. The third kappa shape index (κ3) is 17.2. The van der Waals surface area contributed by atoms with Crippen molar-refractivity contribution in [1.82, 2.24) is 5.32 Å². The average molecular weight is 747 g/mol. The predicted molar refractivity (Wildman–Crippen MR) is 188 cm³/mol. The van der Waals surface area contributed by atoms with Gasteiger partial charge in [-0.3, -0.25) is 0 Å². The van der Waals surface area contributed by atoms with Gasteiger partial charge in [0, 0.05) is 36.9 Å². The van der Waals surface area contributed by atoms with Crippen LogP contribution < -0.4 is 5.32 Å². The number of esters is 5. The molecular weight excluding hydrogens is 696 g/mol.